The maximum atomic E-state index is 12.4. The first-order valence-electron chi connectivity index (χ1n) is 6.28. The lowest BCUT2D eigenvalue weighted by molar-refractivity contribution is 0.101. The number of nitrogens with two attached hydrogens (primary N) is 1. The third-order valence-corrected chi connectivity index (χ3v) is 4.15. The van der Waals surface area contributed by atoms with Gasteiger partial charge in [-0.15, -0.1) is 0 Å². The van der Waals surface area contributed by atoms with Crippen molar-refractivity contribution < 1.29 is 4.79 Å². The minimum Gasteiger partial charge on any atom is -0.397 e. The maximum absolute atomic E-state index is 12.4. The second-order valence-corrected chi connectivity index (χ2v) is 6.17. The van der Waals surface area contributed by atoms with Crippen molar-refractivity contribution in [2.75, 3.05) is 11.1 Å². The van der Waals surface area contributed by atoms with Gasteiger partial charge in [-0.3, -0.25) is 4.79 Å². The number of benzene rings is 1. The molecule has 6 heteroatoms. The van der Waals surface area contributed by atoms with Gasteiger partial charge in [0.05, 0.1) is 11.4 Å². The van der Waals surface area contributed by atoms with Crippen LogP contribution in [0.5, 0.6) is 0 Å². The van der Waals surface area contributed by atoms with Crippen LogP contribution in [0.15, 0.2) is 34.9 Å². The molecular weight excluding hydrogens is 342 g/mol. The van der Waals surface area contributed by atoms with Crippen molar-refractivity contribution in [1.29, 1.82) is 0 Å². The molecule has 20 heavy (non-hydrogen) atoms. The highest BCUT2D eigenvalue weighted by Gasteiger charge is 2.27. The van der Waals surface area contributed by atoms with Gasteiger partial charge in [0.25, 0.3) is 5.91 Å². The monoisotopic (exact) mass is 353 g/mol. The Morgan fingerprint density at radius 2 is 2.15 bits per heavy atom. The van der Waals surface area contributed by atoms with Crippen molar-refractivity contribution in [3.63, 3.8) is 0 Å². The fraction of sp³-hybridized carbons (Fsp3) is 0.214. The lowest BCUT2D eigenvalue weighted by Gasteiger charge is -2.10. The number of rotatable bonds is 3. The first-order chi connectivity index (χ1) is 9.54. The Kier molecular flexibility index (Phi) is 3.48. The summed E-state index contributed by atoms with van der Waals surface area (Å²) in [7, 11) is 0. The third kappa shape index (κ3) is 2.69. The lowest BCUT2D eigenvalue weighted by Crippen LogP contribution is -2.16. The number of carbonyl (C=O) groups excluding carboxylic acids is 1. The molecule has 104 valence electrons. The summed E-state index contributed by atoms with van der Waals surface area (Å²) in [6.45, 7) is 0. The van der Waals surface area contributed by atoms with Crippen LogP contribution < -0.4 is 11.1 Å². The summed E-state index contributed by atoms with van der Waals surface area (Å²) >= 11 is 9.34. The van der Waals surface area contributed by atoms with Crippen molar-refractivity contribution in [3.05, 3.63) is 45.7 Å². The number of nitrogens with zero attached hydrogens (tertiary/aromatic N) is 1. The standard InChI is InChI=1S/C14H13BrClN3O/c15-11-4-1-8(16)5-12(11)18-14(20)13-6-9(17)7-19(13)10-2-3-10/h1,4-7,10H,2-3,17H2,(H,18,20). The van der Waals surface area contributed by atoms with Gasteiger partial charge in [-0.25, -0.2) is 0 Å². The van der Waals surface area contributed by atoms with E-state index in [1.54, 1.807) is 24.3 Å². The summed E-state index contributed by atoms with van der Waals surface area (Å²) in [4.78, 5) is 12.4. The van der Waals surface area contributed by atoms with Gasteiger partial charge in [0.2, 0.25) is 0 Å². The molecule has 1 amide bonds. The molecule has 0 unspecified atom stereocenters. The van der Waals surface area contributed by atoms with E-state index in [2.05, 4.69) is 21.2 Å². The first kappa shape index (κ1) is 13.5. The van der Waals surface area contributed by atoms with Gasteiger partial charge in [-0.2, -0.15) is 0 Å². The van der Waals surface area contributed by atoms with Gasteiger partial charge in [-0.05, 0) is 53.0 Å². The first-order valence-corrected chi connectivity index (χ1v) is 7.45. The molecule has 2 aromatic rings. The summed E-state index contributed by atoms with van der Waals surface area (Å²) in [6.07, 6.45) is 4.00. The molecule has 0 aliphatic heterocycles. The van der Waals surface area contributed by atoms with E-state index in [0.29, 0.717) is 28.1 Å². The van der Waals surface area contributed by atoms with Gasteiger partial charge in [0.15, 0.2) is 0 Å². The molecule has 1 aliphatic rings. The van der Waals surface area contributed by atoms with Crippen LogP contribution in [-0.2, 0) is 0 Å². The summed E-state index contributed by atoms with van der Waals surface area (Å²) in [5.74, 6) is -0.184. The molecule has 4 nitrogen and oxygen atoms in total. The van der Waals surface area contributed by atoms with E-state index in [9.17, 15) is 4.79 Å². The van der Waals surface area contributed by atoms with E-state index >= 15 is 0 Å². The molecule has 0 bridgehead atoms. The molecule has 3 rings (SSSR count). The number of anilines is 2. The van der Waals surface area contributed by atoms with E-state index in [-0.39, 0.29) is 5.91 Å². The van der Waals surface area contributed by atoms with E-state index in [0.717, 1.165) is 17.3 Å². The van der Waals surface area contributed by atoms with Crippen molar-refractivity contribution in [1.82, 2.24) is 4.57 Å². The summed E-state index contributed by atoms with van der Waals surface area (Å²) in [5.41, 5.74) is 7.63. The largest absolute Gasteiger partial charge is 0.397 e. The third-order valence-electron chi connectivity index (χ3n) is 3.22. The number of nitrogen functional groups attached to an aromatic ring is 1. The molecule has 1 aromatic heterocycles. The van der Waals surface area contributed by atoms with Gasteiger partial charge < -0.3 is 15.6 Å². The minimum atomic E-state index is -0.184. The predicted molar refractivity (Wildman–Crippen MR) is 84.2 cm³/mol. The highest BCUT2D eigenvalue weighted by Crippen LogP contribution is 2.37. The molecule has 1 aliphatic carbocycles. The fourth-order valence-electron chi connectivity index (χ4n) is 2.12. The molecular formula is C14H13BrClN3O. The SMILES string of the molecule is Nc1cc(C(=O)Nc2cc(Cl)ccc2Br)n(C2CC2)c1. The van der Waals surface area contributed by atoms with Crippen LogP contribution in [0.3, 0.4) is 0 Å². The zero-order chi connectivity index (χ0) is 14.3. The summed E-state index contributed by atoms with van der Waals surface area (Å²) in [6, 6.07) is 7.36. The molecule has 1 heterocycles. The van der Waals surface area contributed by atoms with Crippen LogP contribution in [0.4, 0.5) is 11.4 Å². The maximum Gasteiger partial charge on any atom is 0.272 e. The lowest BCUT2D eigenvalue weighted by atomic mass is 10.3. The van der Waals surface area contributed by atoms with Crippen molar-refractivity contribution in [2.24, 2.45) is 0 Å². The van der Waals surface area contributed by atoms with Crippen LogP contribution in [-0.4, -0.2) is 10.5 Å². The van der Waals surface area contributed by atoms with E-state index < -0.39 is 0 Å². The Labute approximate surface area is 130 Å². The van der Waals surface area contributed by atoms with Crippen molar-refractivity contribution in [3.8, 4) is 0 Å². The Hall–Kier alpha value is -1.46. The molecule has 1 fully saturated rings. The topological polar surface area (TPSA) is 60.1 Å². The Balaban J connectivity index is 1.87. The molecule has 1 saturated carbocycles. The molecule has 0 spiro atoms. The molecule has 3 N–H and O–H groups in total. The smallest absolute Gasteiger partial charge is 0.272 e. The van der Waals surface area contributed by atoms with E-state index in [4.69, 9.17) is 17.3 Å². The molecule has 0 saturated heterocycles. The van der Waals surface area contributed by atoms with Crippen LogP contribution in [0, 0.1) is 0 Å². The number of nitrogens with one attached hydrogen (secondary N) is 1. The van der Waals surface area contributed by atoms with Crippen molar-refractivity contribution in [2.45, 2.75) is 18.9 Å². The fourth-order valence-corrected chi connectivity index (χ4v) is 2.63. The second-order valence-electron chi connectivity index (χ2n) is 4.88. The van der Waals surface area contributed by atoms with Gasteiger partial charge in [0.1, 0.15) is 5.69 Å². The van der Waals surface area contributed by atoms with E-state index in [1.807, 2.05) is 10.8 Å². The van der Waals surface area contributed by atoms with Gasteiger partial charge >= 0.3 is 0 Å². The molecule has 0 atom stereocenters. The number of amides is 1. The average Bonchev–Trinajstić information content (AvgIpc) is 3.17. The predicted octanol–water partition coefficient (Wildman–Crippen LogP) is 4.07. The highest BCUT2D eigenvalue weighted by molar-refractivity contribution is 9.10. The zero-order valence-electron chi connectivity index (χ0n) is 10.6. The van der Waals surface area contributed by atoms with Crippen LogP contribution in [0.2, 0.25) is 5.02 Å². The number of halogens is 2. The van der Waals surface area contributed by atoms with Crippen LogP contribution in [0.1, 0.15) is 29.4 Å². The normalized spacial score (nSPS) is 14.3. The Bertz CT molecular complexity index is 679. The minimum absolute atomic E-state index is 0.184. The van der Waals surface area contributed by atoms with Crippen LogP contribution in [0.25, 0.3) is 0 Å². The number of carbonyl (C=O) groups is 1. The van der Waals surface area contributed by atoms with Crippen LogP contribution >= 0.6 is 27.5 Å². The zero-order valence-corrected chi connectivity index (χ0v) is 12.9. The second kappa shape index (κ2) is 5.14. The van der Waals surface area contributed by atoms with Gasteiger partial charge in [-0.1, -0.05) is 11.6 Å². The summed E-state index contributed by atoms with van der Waals surface area (Å²) in [5, 5.41) is 3.43. The average molecular weight is 355 g/mol. The Morgan fingerprint density at radius 3 is 2.85 bits per heavy atom. The number of hydrogen-bond donors (Lipinski definition) is 2. The molecule has 0 radical (unpaired) electrons. The van der Waals surface area contributed by atoms with Crippen molar-refractivity contribution >= 4 is 44.8 Å². The molecule has 1 aromatic carbocycles. The van der Waals surface area contributed by atoms with Gasteiger partial charge in [0, 0.05) is 21.7 Å². The van der Waals surface area contributed by atoms with E-state index in [1.165, 1.54) is 0 Å². The highest BCUT2D eigenvalue weighted by atomic mass is 79.9. The number of aromatic nitrogens is 1. The summed E-state index contributed by atoms with van der Waals surface area (Å²) < 4.78 is 2.73. The number of hydrogen-bond acceptors (Lipinski definition) is 2. The quantitative estimate of drug-likeness (QED) is 0.872. The Morgan fingerprint density at radius 1 is 1.40 bits per heavy atom.